The molecule has 0 atom stereocenters. The summed E-state index contributed by atoms with van der Waals surface area (Å²) in [5.74, 6) is 1.06. The summed E-state index contributed by atoms with van der Waals surface area (Å²) in [4.78, 5) is 25.4. The summed E-state index contributed by atoms with van der Waals surface area (Å²) in [6, 6.07) is 6.40. The quantitative estimate of drug-likeness (QED) is 0.578. The van der Waals surface area contributed by atoms with Gasteiger partial charge in [-0.25, -0.2) is 18.2 Å². The molecule has 2 saturated heterocycles. The Morgan fingerprint density at radius 1 is 0.938 bits per heavy atom. The zero-order chi connectivity index (χ0) is 22.3. The molecule has 0 aliphatic carbocycles. The second kappa shape index (κ2) is 8.21. The Balaban J connectivity index is 1.31. The highest BCUT2D eigenvalue weighted by molar-refractivity contribution is 7.89. The molecule has 5 rings (SSSR count). The van der Waals surface area contributed by atoms with E-state index in [1.807, 2.05) is 6.07 Å². The maximum atomic E-state index is 13.2. The van der Waals surface area contributed by atoms with Crippen molar-refractivity contribution in [3.63, 3.8) is 0 Å². The van der Waals surface area contributed by atoms with Crippen LogP contribution < -0.4 is 15.6 Å². The fraction of sp³-hybridized carbons (Fsp3) is 0.476. The van der Waals surface area contributed by atoms with Gasteiger partial charge in [0, 0.05) is 52.5 Å². The number of hydrogen-bond donors (Lipinski definition) is 0. The molecule has 2 fully saturated rings. The van der Waals surface area contributed by atoms with Crippen LogP contribution in [0, 0.1) is 0 Å². The van der Waals surface area contributed by atoms with Gasteiger partial charge in [-0.15, -0.1) is 0 Å². The Labute approximate surface area is 186 Å². The van der Waals surface area contributed by atoms with E-state index in [-0.39, 0.29) is 4.90 Å². The second-order valence-corrected chi connectivity index (χ2v) is 10.1. The van der Waals surface area contributed by atoms with Crippen molar-refractivity contribution in [2.24, 2.45) is 7.05 Å². The van der Waals surface area contributed by atoms with E-state index in [2.05, 4.69) is 14.8 Å². The lowest BCUT2D eigenvalue weighted by Gasteiger charge is -2.35. The molecule has 0 N–H and O–H groups in total. The molecule has 32 heavy (non-hydrogen) atoms. The highest BCUT2D eigenvalue weighted by Crippen LogP contribution is 2.24. The summed E-state index contributed by atoms with van der Waals surface area (Å²) < 4.78 is 34.3. The molecule has 0 bridgehead atoms. The van der Waals surface area contributed by atoms with Crippen molar-refractivity contribution >= 4 is 32.9 Å². The summed E-state index contributed by atoms with van der Waals surface area (Å²) in [6.07, 6.45) is 5.34. The van der Waals surface area contributed by atoms with Gasteiger partial charge in [0.15, 0.2) is 5.58 Å². The van der Waals surface area contributed by atoms with Gasteiger partial charge in [0.2, 0.25) is 16.0 Å². The van der Waals surface area contributed by atoms with E-state index < -0.39 is 15.8 Å². The minimum atomic E-state index is -3.68. The molecule has 10 nitrogen and oxygen atoms in total. The maximum Gasteiger partial charge on any atom is 0.419 e. The molecule has 0 unspecified atom stereocenters. The van der Waals surface area contributed by atoms with Crippen LogP contribution in [0.25, 0.3) is 11.1 Å². The summed E-state index contributed by atoms with van der Waals surface area (Å²) >= 11 is 0. The Kier molecular flexibility index (Phi) is 5.38. The number of rotatable bonds is 4. The molecule has 11 heteroatoms. The Hall–Kier alpha value is -2.92. The second-order valence-electron chi connectivity index (χ2n) is 8.21. The van der Waals surface area contributed by atoms with Crippen LogP contribution in [-0.2, 0) is 17.1 Å². The first-order valence-electron chi connectivity index (χ1n) is 10.9. The molecule has 1 aromatic carbocycles. The Morgan fingerprint density at radius 2 is 1.69 bits per heavy atom. The monoisotopic (exact) mass is 458 g/mol. The van der Waals surface area contributed by atoms with Gasteiger partial charge in [0.25, 0.3) is 0 Å². The van der Waals surface area contributed by atoms with Gasteiger partial charge in [-0.1, -0.05) is 0 Å². The smallest absolute Gasteiger partial charge is 0.408 e. The zero-order valence-electron chi connectivity index (χ0n) is 18.0. The third-order valence-corrected chi connectivity index (χ3v) is 8.12. The van der Waals surface area contributed by atoms with Crippen LogP contribution in [0.2, 0.25) is 0 Å². The van der Waals surface area contributed by atoms with Crippen molar-refractivity contribution in [1.29, 1.82) is 0 Å². The Bertz CT molecular complexity index is 1290. The van der Waals surface area contributed by atoms with Crippen LogP contribution in [0.4, 0.5) is 11.8 Å². The maximum absolute atomic E-state index is 13.2. The molecule has 2 aliphatic rings. The van der Waals surface area contributed by atoms with Crippen LogP contribution >= 0.6 is 0 Å². The third-order valence-electron chi connectivity index (χ3n) is 6.23. The van der Waals surface area contributed by atoms with E-state index in [4.69, 9.17) is 9.40 Å². The van der Waals surface area contributed by atoms with Gasteiger partial charge in [-0.05, 0) is 43.5 Å². The minimum absolute atomic E-state index is 0.157. The van der Waals surface area contributed by atoms with E-state index in [0.717, 1.165) is 37.7 Å². The standard InChI is InChI=1S/C21H26N6O4S/c1-24-17-15-16(5-6-18(17)31-21(24)28)32(29,30)27-13-11-25(12-14-27)19-7-8-22-20(23-19)26-9-3-2-4-10-26/h5-8,15H,2-4,9-14H2,1H3. The largest absolute Gasteiger partial charge is 0.419 e. The molecular weight excluding hydrogens is 432 g/mol. The molecule has 2 aromatic heterocycles. The van der Waals surface area contributed by atoms with Gasteiger partial charge in [0.1, 0.15) is 5.82 Å². The number of oxazole rings is 1. The number of hydrogen-bond acceptors (Lipinski definition) is 8. The van der Waals surface area contributed by atoms with Crippen molar-refractivity contribution in [2.75, 3.05) is 49.1 Å². The number of benzene rings is 1. The van der Waals surface area contributed by atoms with Gasteiger partial charge in [-0.2, -0.15) is 9.29 Å². The van der Waals surface area contributed by atoms with Crippen molar-refractivity contribution in [1.82, 2.24) is 18.8 Å². The number of sulfonamides is 1. The van der Waals surface area contributed by atoms with E-state index in [1.165, 1.54) is 33.5 Å². The van der Waals surface area contributed by atoms with Crippen LogP contribution in [0.1, 0.15) is 19.3 Å². The number of nitrogens with zero attached hydrogens (tertiary/aromatic N) is 6. The van der Waals surface area contributed by atoms with Gasteiger partial charge < -0.3 is 14.2 Å². The lowest BCUT2D eigenvalue weighted by molar-refractivity contribution is 0.383. The van der Waals surface area contributed by atoms with E-state index in [0.29, 0.717) is 37.3 Å². The summed E-state index contributed by atoms with van der Waals surface area (Å²) in [5, 5.41) is 0. The third kappa shape index (κ3) is 3.75. The van der Waals surface area contributed by atoms with Crippen molar-refractivity contribution in [2.45, 2.75) is 24.2 Å². The molecule has 0 amide bonds. The summed E-state index contributed by atoms with van der Waals surface area (Å²) in [5.41, 5.74) is 0.829. The van der Waals surface area contributed by atoms with Crippen molar-refractivity contribution < 1.29 is 12.8 Å². The highest BCUT2D eigenvalue weighted by Gasteiger charge is 2.30. The minimum Gasteiger partial charge on any atom is -0.408 e. The fourth-order valence-corrected chi connectivity index (χ4v) is 5.78. The first-order valence-corrected chi connectivity index (χ1v) is 12.3. The average Bonchev–Trinajstić information content (AvgIpc) is 3.12. The lowest BCUT2D eigenvalue weighted by atomic mass is 10.1. The highest BCUT2D eigenvalue weighted by atomic mass is 32.2. The molecule has 3 aromatic rings. The van der Waals surface area contributed by atoms with Crippen LogP contribution in [-0.4, -0.2) is 66.5 Å². The van der Waals surface area contributed by atoms with E-state index in [1.54, 1.807) is 13.2 Å². The normalized spacial score (nSPS) is 18.4. The molecule has 2 aliphatic heterocycles. The lowest BCUT2D eigenvalue weighted by Crippen LogP contribution is -2.49. The number of anilines is 2. The topological polar surface area (TPSA) is 105 Å². The molecule has 0 saturated carbocycles. The first kappa shape index (κ1) is 21.0. The zero-order valence-corrected chi connectivity index (χ0v) is 18.8. The molecule has 0 spiro atoms. The predicted octanol–water partition coefficient (Wildman–Crippen LogP) is 1.42. The molecule has 4 heterocycles. The summed E-state index contributed by atoms with van der Waals surface area (Å²) in [7, 11) is -2.12. The molecular formula is C21H26N6O4S. The van der Waals surface area contributed by atoms with Crippen LogP contribution in [0.15, 0.2) is 44.6 Å². The number of piperazine rings is 1. The Morgan fingerprint density at radius 3 is 2.44 bits per heavy atom. The molecule has 170 valence electrons. The van der Waals surface area contributed by atoms with Gasteiger partial charge >= 0.3 is 5.76 Å². The first-order chi connectivity index (χ1) is 15.4. The fourth-order valence-electron chi connectivity index (χ4n) is 4.34. The van der Waals surface area contributed by atoms with E-state index >= 15 is 0 Å². The van der Waals surface area contributed by atoms with Gasteiger partial charge in [-0.3, -0.25) is 4.57 Å². The number of aryl methyl sites for hydroxylation is 1. The van der Waals surface area contributed by atoms with Crippen LogP contribution in [0.5, 0.6) is 0 Å². The number of piperidine rings is 1. The van der Waals surface area contributed by atoms with Crippen molar-refractivity contribution in [3.8, 4) is 0 Å². The SMILES string of the molecule is Cn1c(=O)oc2ccc(S(=O)(=O)N3CCN(c4ccnc(N5CCCCC5)n4)CC3)cc21. The number of aromatic nitrogens is 3. The predicted molar refractivity (Wildman–Crippen MR) is 121 cm³/mol. The molecule has 0 radical (unpaired) electrons. The average molecular weight is 459 g/mol. The van der Waals surface area contributed by atoms with Gasteiger partial charge in [0.05, 0.1) is 10.4 Å². The van der Waals surface area contributed by atoms with E-state index in [9.17, 15) is 13.2 Å². The number of fused-ring (bicyclic) bond motifs is 1. The van der Waals surface area contributed by atoms with Crippen LogP contribution in [0.3, 0.4) is 0 Å². The summed E-state index contributed by atoms with van der Waals surface area (Å²) in [6.45, 7) is 3.75. The van der Waals surface area contributed by atoms with Crippen molar-refractivity contribution in [3.05, 3.63) is 41.0 Å².